The largest absolute Gasteiger partial charge is 0.469 e. The fraction of sp³-hybridized carbons (Fsp3) is 0.583. The topological polar surface area (TPSA) is 59.5 Å². The molecule has 17 heavy (non-hydrogen) atoms. The Morgan fingerprint density at radius 3 is 2.65 bits per heavy atom. The van der Waals surface area contributed by atoms with Gasteiger partial charge in [0.1, 0.15) is 5.76 Å². The van der Waals surface area contributed by atoms with Crippen LogP contribution in [0.25, 0.3) is 0 Å². The molecule has 2 N–H and O–H groups in total. The van der Waals surface area contributed by atoms with Gasteiger partial charge in [0.05, 0.1) is 11.8 Å². The summed E-state index contributed by atoms with van der Waals surface area (Å²) in [5, 5.41) is 0. The van der Waals surface area contributed by atoms with E-state index in [-0.39, 0.29) is 18.3 Å². The van der Waals surface area contributed by atoms with Crippen LogP contribution in [0.15, 0.2) is 16.7 Å². The molecule has 1 aliphatic rings. The molecule has 96 valence electrons. The predicted octanol–water partition coefficient (Wildman–Crippen LogP) is 1.82. The summed E-state index contributed by atoms with van der Waals surface area (Å²) in [7, 11) is 0. The maximum atomic E-state index is 12.1. The first kappa shape index (κ1) is 14.1. The van der Waals surface area contributed by atoms with E-state index in [2.05, 4.69) is 0 Å². The molecule has 0 radical (unpaired) electrons. The fourth-order valence-electron chi connectivity index (χ4n) is 2.15. The van der Waals surface area contributed by atoms with Crippen molar-refractivity contribution in [1.29, 1.82) is 0 Å². The Morgan fingerprint density at radius 2 is 2.18 bits per heavy atom. The Kier molecular flexibility index (Phi) is 5.02. The van der Waals surface area contributed by atoms with E-state index in [0.717, 1.165) is 32.5 Å². The number of nitrogens with two attached hydrogens (primary N) is 1. The first-order chi connectivity index (χ1) is 7.72. The van der Waals surface area contributed by atoms with Gasteiger partial charge in [0, 0.05) is 13.1 Å². The molecule has 0 atom stereocenters. The molecule has 1 fully saturated rings. The summed E-state index contributed by atoms with van der Waals surface area (Å²) in [6.45, 7) is 4.17. The highest BCUT2D eigenvalue weighted by molar-refractivity contribution is 5.95. The third kappa shape index (κ3) is 3.01. The van der Waals surface area contributed by atoms with Crippen molar-refractivity contribution in [3.05, 3.63) is 23.7 Å². The Balaban J connectivity index is 0.00000144. The molecule has 4 nitrogen and oxygen atoms in total. The number of carbonyl (C=O) groups is 1. The van der Waals surface area contributed by atoms with E-state index in [9.17, 15) is 4.79 Å². The van der Waals surface area contributed by atoms with Crippen LogP contribution in [0, 0.1) is 12.8 Å². The third-order valence-corrected chi connectivity index (χ3v) is 3.32. The van der Waals surface area contributed by atoms with Crippen molar-refractivity contribution < 1.29 is 9.21 Å². The molecule has 1 amide bonds. The van der Waals surface area contributed by atoms with Crippen molar-refractivity contribution in [3.63, 3.8) is 0 Å². The lowest BCUT2D eigenvalue weighted by Gasteiger charge is -2.31. The lowest BCUT2D eigenvalue weighted by molar-refractivity contribution is 0.0691. The van der Waals surface area contributed by atoms with Crippen LogP contribution in [-0.2, 0) is 0 Å². The number of nitrogens with zero attached hydrogens (tertiary/aromatic N) is 1. The number of furan rings is 1. The number of amides is 1. The molecule has 2 rings (SSSR count). The van der Waals surface area contributed by atoms with Gasteiger partial charge in [-0.2, -0.15) is 0 Å². The third-order valence-electron chi connectivity index (χ3n) is 3.32. The molecule has 1 aliphatic heterocycles. The lowest BCUT2D eigenvalue weighted by atomic mass is 9.96. The molecular weight excluding hydrogens is 240 g/mol. The van der Waals surface area contributed by atoms with E-state index >= 15 is 0 Å². The highest BCUT2D eigenvalue weighted by Gasteiger charge is 2.24. The Labute approximate surface area is 108 Å². The van der Waals surface area contributed by atoms with Crippen LogP contribution in [0.3, 0.4) is 0 Å². The van der Waals surface area contributed by atoms with Crippen LogP contribution >= 0.6 is 12.4 Å². The van der Waals surface area contributed by atoms with Gasteiger partial charge in [0.2, 0.25) is 0 Å². The number of likely N-dealkylation sites (tertiary alicyclic amines) is 1. The molecule has 1 aromatic heterocycles. The molecular formula is C12H19ClN2O2. The van der Waals surface area contributed by atoms with Crippen molar-refractivity contribution in [2.24, 2.45) is 11.7 Å². The average Bonchev–Trinajstić information content (AvgIpc) is 2.75. The van der Waals surface area contributed by atoms with Gasteiger partial charge in [-0.15, -0.1) is 12.4 Å². The normalized spacial score (nSPS) is 16.7. The minimum absolute atomic E-state index is 0. The summed E-state index contributed by atoms with van der Waals surface area (Å²) in [5.74, 6) is 1.36. The number of hydrogen-bond acceptors (Lipinski definition) is 3. The van der Waals surface area contributed by atoms with Crippen LogP contribution < -0.4 is 5.73 Å². The van der Waals surface area contributed by atoms with Crippen LogP contribution in [-0.4, -0.2) is 30.4 Å². The van der Waals surface area contributed by atoms with E-state index in [0.29, 0.717) is 17.2 Å². The van der Waals surface area contributed by atoms with E-state index in [1.165, 1.54) is 0 Å². The predicted molar refractivity (Wildman–Crippen MR) is 68.4 cm³/mol. The number of hydrogen-bond donors (Lipinski definition) is 1. The zero-order chi connectivity index (χ0) is 11.5. The van der Waals surface area contributed by atoms with Crippen LogP contribution in [0.1, 0.15) is 29.0 Å². The van der Waals surface area contributed by atoms with Crippen molar-refractivity contribution in [2.75, 3.05) is 19.6 Å². The van der Waals surface area contributed by atoms with Gasteiger partial charge < -0.3 is 15.1 Å². The Morgan fingerprint density at radius 1 is 1.53 bits per heavy atom. The van der Waals surface area contributed by atoms with Gasteiger partial charge in [0.15, 0.2) is 0 Å². The number of carbonyl (C=O) groups excluding carboxylic acids is 1. The number of halogens is 1. The van der Waals surface area contributed by atoms with E-state index in [1.54, 1.807) is 12.3 Å². The zero-order valence-corrected chi connectivity index (χ0v) is 10.8. The highest BCUT2D eigenvalue weighted by Crippen LogP contribution is 2.19. The standard InChI is InChI=1S/C12H18N2O2.ClH/c1-9-11(4-7-16-9)12(15)14-5-2-10(8-13)3-6-14;/h4,7,10H,2-3,5-6,8,13H2,1H3;1H. The van der Waals surface area contributed by atoms with Gasteiger partial charge >= 0.3 is 0 Å². The van der Waals surface area contributed by atoms with Crippen molar-refractivity contribution in [1.82, 2.24) is 4.90 Å². The fourth-order valence-corrected chi connectivity index (χ4v) is 2.15. The number of aryl methyl sites for hydroxylation is 1. The Hall–Kier alpha value is -1.00. The minimum atomic E-state index is 0. The van der Waals surface area contributed by atoms with Crippen LogP contribution in [0.4, 0.5) is 0 Å². The highest BCUT2D eigenvalue weighted by atomic mass is 35.5. The molecule has 0 bridgehead atoms. The molecule has 0 unspecified atom stereocenters. The monoisotopic (exact) mass is 258 g/mol. The Bertz CT molecular complexity index is 370. The summed E-state index contributed by atoms with van der Waals surface area (Å²) in [6.07, 6.45) is 3.59. The molecule has 1 saturated heterocycles. The number of piperidine rings is 1. The van der Waals surface area contributed by atoms with Gasteiger partial charge in [-0.3, -0.25) is 4.79 Å². The van der Waals surface area contributed by atoms with Crippen molar-refractivity contribution >= 4 is 18.3 Å². The van der Waals surface area contributed by atoms with Crippen LogP contribution in [0.5, 0.6) is 0 Å². The molecule has 0 spiro atoms. The van der Waals surface area contributed by atoms with Crippen LogP contribution in [0.2, 0.25) is 0 Å². The van der Waals surface area contributed by atoms with Gasteiger partial charge in [-0.05, 0) is 38.3 Å². The molecule has 0 aromatic carbocycles. The molecule has 2 heterocycles. The lowest BCUT2D eigenvalue weighted by Crippen LogP contribution is -2.40. The number of rotatable bonds is 2. The summed E-state index contributed by atoms with van der Waals surface area (Å²) in [6, 6.07) is 1.74. The minimum Gasteiger partial charge on any atom is -0.469 e. The first-order valence-corrected chi connectivity index (χ1v) is 5.76. The second kappa shape index (κ2) is 6.07. The summed E-state index contributed by atoms with van der Waals surface area (Å²) < 4.78 is 5.15. The summed E-state index contributed by atoms with van der Waals surface area (Å²) in [5.41, 5.74) is 6.31. The maximum Gasteiger partial charge on any atom is 0.257 e. The van der Waals surface area contributed by atoms with Crippen molar-refractivity contribution in [2.45, 2.75) is 19.8 Å². The quantitative estimate of drug-likeness (QED) is 0.880. The summed E-state index contributed by atoms with van der Waals surface area (Å²) >= 11 is 0. The molecule has 5 heteroatoms. The average molecular weight is 259 g/mol. The van der Waals surface area contributed by atoms with E-state index < -0.39 is 0 Å². The van der Waals surface area contributed by atoms with Gasteiger partial charge in [-0.1, -0.05) is 0 Å². The molecule has 0 aliphatic carbocycles. The second-order valence-corrected chi connectivity index (χ2v) is 4.36. The maximum absolute atomic E-state index is 12.1. The van der Waals surface area contributed by atoms with Crippen molar-refractivity contribution in [3.8, 4) is 0 Å². The zero-order valence-electron chi connectivity index (χ0n) is 10.0. The summed E-state index contributed by atoms with van der Waals surface area (Å²) in [4.78, 5) is 14.0. The van der Waals surface area contributed by atoms with Gasteiger partial charge in [0.25, 0.3) is 5.91 Å². The molecule has 0 saturated carbocycles. The van der Waals surface area contributed by atoms with E-state index in [1.807, 2.05) is 11.8 Å². The van der Waals surface area contributed by atoms with Gasteiger partial charge in [-0.25, -0.2) is 0 Å². The SMILES string of the molecule is Cc1occc1C(=O)N1CCC(CN)CC1.Cl. The molecule has 1 aromatic rings. The second-order valence-electron chi connectivity index (χ2n) is 4.36. The smallest absolute Gasteiger partial charge is 0.257 e. The van der Waals surface area contributed by atoms with E-state index in [4.69, 9.17) is 10.2 Å². The first-order valence-electron chi connectivity index (χ1n) is 5.76.